The van der Waals surface area contributed by atoms with Gasteiger partial charge in [-0.25, -0.2) is 4.98 Å². The number of ketones is 1. The lowest BCUT2D eigenvalue weighted by Gasteiger charge is -2.25. The van der Waals surface area contributed by atoms with Gasteiger partial charge in [0, 0.05) is 10.4 Å². The van der Waals surface area contributed by atoms with Gasteiger partial charge < -0.3 is 23.7 Å². The largest absolute Gasteiger partial charge is 0.503 e. The van der Waals surface area contributed by atoms with Crippen LogP contribution >= 0.6 is 22.9 Å². The minimum atomic E-state index is -1.05. The number of thiazole rings is 1. The maximum Gasteiger partial charge on any atom is 0.296 e. The van der Waals surface area contributed by atoms with Crippen molar-refractivity contribution in [3.05, 3.63) is 88.3 Å². The van der Waals surface area contributed by atoms with Crippen molar-refractivity contribution < 1.29 is 33.3 Å². The number of amides is 1. The van der Waals surface area contributed by atoms with Gasteiger partial charge in [-0.05, 0) is 55.0 Å². The molecular weight excluding hydrogens is 568 g/mol. The van der Waals surface area contributed by atoms with Crippen molar-refractivity contribution in [1.29, 1.82) is 0 Å². The Balaban J connectivity index is 1.52. The normalized spacial score (nSPS) is 15.3. The number of fused-ring (bicyclic) bond motifs is 2. The molecule has 6 rings (SSSR count). The van der Waals surface area contributed by atoms with Crippen LogP contribution in [0.3, 0.4) is 0 Å². The second kappa shape index (κ2) is 10.5. The van der Waals surface area contributed by atoms with Crippen LogP contribution in [-0.4, -0.2) is 42.6 Å². The van der Waals surface area contributed by atoms with Crippen LogP contribution in [0, 0.1) is 0 Å². The number of carbonyl (C=O) groups is 2. The fourth-order valence-corrected chi connectivity index (χ4v) is 6.18. The summed E-state index contributed by atoms with van der Waals surface area (Å²) in [6.45, 7) is 2.27. The third-order valence-corrected chi connectivity index (χ3v) is 8.01. The molecule has 0 bridgehead atoms. The number of aliphatic hydroxyl groups excluding tert-OH is 1. The summed E-state index contributed by atoms with van der Waals surface area (Å²) < 4.78 is 23.2. The second-order valence-electron chi connectivity index (χ2n) is 9.11. The van der Waals surface area contributed by atoms with Crippen LogP contribution in [0.15, 0.2) is 76.4 Å². The summed E-state index contributed by atoms with van der Waals surface area (Å²) in [7, 11) is 3.00. The number of hydrogen-bond acceptors (Lipinski definition) is 9. The fourth-order valence-electron chi connectivity index (χ4n) is 4.91. The molecule has 11 heteroatoms. The van der Waals surface area contributed by atoms with E-state index in [2.05, 4.69) is 4.98 Å². The number of para-hydroxylation sites is 1. The Morgan fingerprint density at radius 1 is 1.07 bits per heavy atom. The molecule has 0 aliphatic carbocycles. The highest BCUT2D eigenvalue weighted by atomic mass is 35.5. The van der Waals surface area contributed by atoms with Crippen molar-refractivity contribution in [1.82, 2.24) is 4.98 Å². The summed E-state index contributed by atoms with van der Waals surface area (Å²) in [4.78, 5) is 33.7. The third kappa shape index (κ3) is 4.45. The summed E-state index contributed by atoms with van der Waals surface area (Å²) >= 11 is 7.40. The zero-order chi connectivity index (χ0) is 28.8. The van der Waals surface area contributed by atoms with Gasteiger partial charge in [-0.15, -0.1) is 0 Å². The Morgan fingerprint density at radius 3 is 2.63 bits per heavy atom. The smallest absolute Gasteiger partial charge is 0.296 e. The van der Waals surface area contributed by atoms with Gasteiger partial charge in [-0.1, -0.05) is 41.1 Å². The minimum Gasteiger partial charge on any atom is -0.503 e. The molecule has 0 saturated heterocycles. The first-order chi connectivity index (χ1) is 19.8. The molecular formula is C30H23ClN2O7S. The number of aromatic nitrogens is 1. The third-order valence-electron chi connectivity index (χ3n) is 6.75. The molecule has 1 atom stereocenters. The van der Waals surface area contributed by atoms with Crippen LogP contribution in [0.1, 0.15) is 29.1 Å². The van der Waals surface area contributed by atoms with Gasteiger partial charge >= 0.3 is 0 Å². The lowest BCUT2D eigenvalue weighted by molar-refractivity contribution is -0.117. The maximum atomic E-state index is 14.1. The highest BCUT2D eigenvalue weighted by molar-refractivity contribution is 7.22. The first-order valence-electron chi connectivity index (χ1n) is 12.6. The number of aliphatic hydroxyl groups is 1. The van der Waals surface area contributed by atoms with Crippen molar-refractivity contribution in [2.45, 2.75) is 13.0 Å². The van der Waals surface area contributed by atoms with Crippen LogP contribution in [0.5, 0.6) is 17.2 Å². The minimum absolute atomic E-state index is 0.0558. The number of anilines is 1. The zero-order valence-corrected chi connectivity index (χ0v) is 23.7. The molecule has 1 unspecified atom stereocenters. The Bertz CT molecular complexity index is 1880. The summed E-state index contributed by atoms with van der Waals surface area (Å²) in [5, 5.41) is 12.7. The number of rotatable bonds is 8. The molecule has 9 nitrogen and oxygen atoms in total. The molecule has 0 radical (unpaired) electrons. The van der Waals surface area contributed by atoms with E-state index in [-0.39, 0.29) is 16.5 Å². The number of benzene rings is 3. The molecule has 208 valence electrons. The lowest BCUT2D eigenvalue weighted by atomic mass is 9.95. The number of ether oxygens (including phenoxy) is 3. The summed E-state index contributed by atoms with van der Waals surface area (Å²) in [5.74, 6) is -0.833. The Morgan fingerprint density at radius 2 is 1.88 bits per heavy atom. The molecule has 41 heavy (non-hydrogen) atoms. The predicted octanol–water partition coefficient (Wildman–Crippen LogP) is 6.89. The number of halogens is 1. The Hall–Kier alpha value is -4.54. The molecule has 2 aromatic heterocycles. The average molecular weight is 591 g/mol. The van der Waals surface area contributed by atoms with Crippen molar-refractivity contribution >= 4 is 60.9 Å². The fraction of sp³-hybridized carbons (Fsp3) is 0.167. The van der Waals surface area contributed by atoms with Crippen molar-refractivity contribution in [2.24, 2.45) is 0 Å². The number of carbonyl (C=O) groups excluding carboxylic acids is 2. The van der Waals surface area contributed by atoms with E-state index in [1.165, 1.54) is 30.5 Å². The SMILES string of the molecule is CCOc1ccc(C2C(C(=O)c3cc4cccc(OC)c4o3)=C(O)C(=O)N2c2nc3ccc(Cl)cc3s2)cc1OC. The van der Waals surface area contributed by atoms with Crippen molar-refractivity contribution in [2.75, 3.05) is 25.7 Å². The van der Waals surface area contributed by atoms with Crippen molar-refractivity contribution in [3.63, 3.8) is 0 Å². The van der Waals surface area contributed by atoms with Crippen LogP contribution in [0.2, 0.25) is 5.02 Å². The average Bonchev–Trinajstić information content (AvgIpc) is 3.67. The van der Waals surface area contributed by atoms with E-state index < -0.39 is 23.5 Å². The monoisotopic (exact) mass is 590 g/mol. The molecule has 1 N–H and O–H groups in total. The van der Waals surface area contributed by atoms with Gasteiger partial charge in [-0.2, -0.15) is 0 Å². The summed E-state index contributed by atoms with van der Waals surface area (Å²) in [5.41, 5.74) is 1.34. The first kappa shape index (κ1) is 26.7. The van der Waals surface area contributed by atoms with E-state index in [1.54, 1.807) is 60.7 Å². The van der Waals surface area contributed by atoms with Crippen LogP contribution in [0.4, 0.5) is 5.13 Å². The first-order valence-corrected chi connectivity index (χ1v) is 13.8. The highest BCUT2D eigenvalue weighted by Gasteiger charge is 2.47. The molecule has 3 aromatic carbocycles. The highest BCUT2D eigenvalue weighted by Crippen LogP contribution is 2.46. The Kier molecular flexibility index (Phi) is 6.80. The predicted molar refractivity (Wildman–Crippen MR) is 156 cm³/mol. The Labute approximate surface area is 243 Å². The number of hydrogen-bond donors (Lipinski definition) is 1. The molecule has 1 amide bonds. The molecule has 0 spiro atoms. The number of nitrogens with zero attached hydrogens (tertiary/aromatic N) is 2. The molecule has 3 heterocycles. The zero-order valence-electron chi connectivity index (χ0n) is 22.1. The van der Waals surface area contributed by atoms with E-state index in [4.69, 9.17) is 30.2 Å². The van der Waals surface area contributed by atoms with E-state index in [1.807, 2.05) is 6.92 Å². The van der Waals surface area contributed by atoms with Crippen LogP contribution < -0.4 is 19.1 Å². The van der Waals surface area contributed by atoms with Gasteiger partial charge in [0.15, 0.2) is 39.5 Å². The van der Waals surface area contributed by atoms with Crippen molar-refractivity contribution in [3.8, 4) is 17.2 Å². The van der Waals surface area contributed by atoms with E-state index >= 15 is 0 Å². The van der Waals surface area contributed by atoms with E-state index in [9.17, 15) is 14.7 Å². The molecule has 0 saturated carbocycles. The standard InChI is InChI=1S/C30H23ClN2O7S/c1-4-39-19-11-8-15(12-21(19)38-3)25-24(26(34)22-13-16-6-5-7-20(37-2)28(16)40-22)27(35)29(36)33(25)30-32-18-10-9-17(31)14-23(18)41-30/h5-14,25,35H,4H2,1-3H3. The topological polar surface area (TPSA) is 111 Å². The molecule has 1 aliphatic heterocycles. The number of Topliss-reactive ketones (excluding diaryl/α,β-unsaturated/α-hetero) is 1. The van der Waals surface area contributed by atoms with E-state index in [0.717, 1.165) is 4.70 Å². The molecule has 1 aliphatic rings. The van der Waals surface area contributed by atoms with Gasteiger partial charge in [0.25, 0.3) is 5.91 Å². The summed E-state index contributed by atoms with van der Waals surface area (Å²) in [6.07, 6.45) is 0. The van der Waals surface area contributed by atoms with E-state index in [0.29, 0.717) is 50.9 Å². The summed E-state index contributed by atoms with van der Waals surface area (Å²) in [6, 6.07) is 16.1. The quantitative estimate of drug-likeness (QED) is 0.194. The van der Waals surface area contributed by atoms with Gasteiger partial charge in [0.05, 0.1) is 42.7 Å². The van der Waals surface area contributed by atoms with Gasteiger partial charge in [-0.3, -0.25) is 14.5 Å². The van der Waals surface area contributed by atoms with Crippen LogP contribution in [0.25, 0.3) is 21.2 Å². The molecule has 5 aromatic rings. The molecule has 0 fully saturated rings. The second-order valence-corrected chi connectivity index (χ2v) is 10.6. The number of furan rings is 1. The van der Waals surface area contributed by atoms with Crippen LogP contribution in [-0.2, 0) is 4.79 Å². The van der Waals surface area contributed by atoms with Gasteiger partial charge in [0.1, 0.15) is 0 Å². The lowest BCUT2D eigenvalue weighted by Crippen LogP contribution is -2.31. The maximum absolute atomic E-state index is 14.1. The van der Waals surface area contributed by atoms with Gasteiger partial charge in [0.2, 0.25) is 5.78 Å². The number of methoxy groups -OCH3 is 2.